The maximum Gasteiger partial charge on any atom is 0.245 e. The Balaban J connectivity index is 0.00000195. The summed E-state index contributed by atoms with van der Waals surface area (Å²) in [6.07, 6.45) is 15.9. The first-order chi connectivity index (χ1) is 21.8. The number of carbonyl (C=O) groups excluding carboxylic acids is 2. The van der Waals surface area contributed by atoms with E-state index in [1.807, 2.05) is 50.8 Å². The van der Waals surface area contributed by atoms with E-state index in [0.29, 0.717) is 25.3 Å². The summed E-state index contributed by atoms with van der Waals surface area (Å²) in [4.78, 5) is 33.7. The van der Waals surface area contributed by atoms with E-state index in [-0.39, 0.29) is 35.7 Å². The smallest absolute Gasteiger partial charge is 0.245 e. The predicted molar refractivity (Wildman–Crippen MR) is 197 cm³/mol. The van der Waals surface area contributed by atoms with Crippen molar-refractivity contribution in [1.29, 1.82) is 0 Å². The minimum absolute atomic E-state index is 0.00348. The lowest BCUT2D eigenvalue weighted by atomic mass is 9.83. The molecule has 2 aliphatic carbocycles. The summed E-state index contributed by atoms with van der Waals surface area (Å²) in [6.45, 7) is 19.8. The Morgan fingerprint density at radius 1 is 1.09 bits per heavy atom. The maximum absolute atomic E-state index is 14.1. The molecule has 2 amide bonds. The van der Waals surface area contributed by atoms with Crippen LogP contribution in [0.2, 0.25) is 0 Å². The Morgan fingerprint density at radius 2 is 1.72 bits per heavy atom. The summed E-state index contributed by atoms with van der Waals surface area (Å²) in [6, 6.07) is -0.992. The number of carbonyl (C=O) groups is 2. The summed E-state index contributed by atoms with van der Waals surface area (Å²) in [7, 11) is 1.76. The Kier molecular flexibility index (Phi) is 19.9. The summed E-state index contributed by atoms with van der Waals surface area (Å²) in [5.41, 5.74) is 8.87. The molecule has 0 saturated heterocycles. The van der Waals surface area contributed by atoms with Gasteiger partial charge in [-0.15, -0.1) is 0 Å². The van der Waals surface area contributed by atoms with Gasteiger partial charge < -0.3 is 26.6 Å². The molecule has 0 aromatic rings. The van der Waals surface area contributed by atoms with Crippen LogP contribution in [0.3, 0.4) is 0 Å². The van der Waals surface area contributed by atoms with Gasteiger partial charge in [-0.25, -0.2) is 4.99 Å². The molecule has 262 valence electrons. The summed E-state index contributed by atoms with van der Waals surface area (Å²) >= 11 is 6.27. The first-order valence-electron chi connectivity index (χ1n) is 17.6. The second-order valence-corrected chi connectivity index (χ2v) is 13.9. The Bertz CT molecular complexity index is 1100. The molecule has 3 atom stereocenters. The number of nitrogens with zero attached hydrogens (tertiary/aromatic N) is 2. The van der Waals surface area contributed by atoms with Crippen LogP contribution in [0.15, 0.2) is 51.3 Å². The third kappa shape index (κ3) is 14.5. The number of allylic oxidation sites excluding steroid dienone is 6. The zero-order valence-electron chi connectivity index (χ0n) is 30.5. The molecule has 0 aromatic carbocycles. The van der Waals surface area contributed by atoms with Crippen molar-refractivity contribution < 1.29 is 9.59 Å². The van der Waals surface area contributed by atoms with Crippen molar-refractivity contribution in [2.45, 2.75) is 132 Å². The molecule has 1 fully saturated rings. The summed E-state index contributed by atoms with van der Waals surface area (Å²) < 4.78 is 0. The van der Waals surface area contributed by atoms with E-state index < -0.39 is 6.04 Å². The van der Waals surface area contributed by atoms with Crippen molar-refractivity contribution >= 4 is 29.3 Å². The van der Waals surface area contributed by atoms with Gasteiger partial charge in [0.1, 0.15) is 11.9 Å². The van der Waals surface area contributed by atoms with E-state index in [1.54, 1.807) is 7.05 Å². The zero-order valence-corrected chi connectivity index (χ0v) is 31.3. The Labute approximate surface area is 285 Å². The highest BCUT2D eigenvalue weighted by Crippen LogP contribution is 2.28. The second kappa shape index (κ2) is 22.1. The van der Waals surface area contributed by atoms with E-state index in [2.05, 4.69) is 56.6 Å². The van der Waals surface area contributed by atoms with E-state index >= 15 is 0 Å². The second-order valence-electron chi connectivity index (χ2n) is 13.5. The molecule has 1 saturated carbocycles. The number of likely N-dealkylation sites (N-methyl/N-ethyl adjacent to an activating group) is 1. The van der Waals surface area contributed by atoms with Crippen molar-refractivity contribution in [3.05, 3.63) is 46.3 Å². The van der Waals surface area contributed by atoms with E-state index in [0.717, 1.165) is 60.0 Å². The zero-order chi connectivity index (χ0) is 34.8. The minimum atomic E-state index is -0.520. The maximum atomic E-state index is 14.1. The number of amidine groups is 1. The van der Waals surface area contributed by atoms with Crippen molar-refractivity contribution in [1.82, 2.24) is 20.9 Å². The Hall–Kier alpha value is -2.58. The van der Waals surface area contributed by atoms with Crippen LogP contribution in [0, 0.1) is 17.8 Å². The number of amides is 2. The van der Waals surface area contributed by atoms with Crippen molar-refractivity contribution in [3.63, 3.8) is 0 Å². The van der Waals surface area contributed by atoms with Crippen molar-refractivity contribution in [2.24, 2.45) is 28.5 Å². The van der Waals surface area contributed by atoms with Gasteiger partial charge in [-0.1, -0.05) is 97.1 Å². The highest BCUT2D eigenvalue weighted by Gasteiger charge is 2.35. The summed E-state index contributed by atoms with van der Waals surface area (Å²) in [5.74, 6) is 1.56. The normalized spacial score (nSPS) is 18.3. The first-order valence-corrected chi connectivity index (χ1v) is 17.9. The van der Waals surface area contributed by atoms with Crippen LogP contribution in [0.5, 0.6) is 0 Å². The molecule has 2 rings (SSSR count). The molecule has 8 nitrogen and oxygen atoms in total. The van der Waals surface area contributed by atoms with Gasteiger partial charge in [0.15, 0.2) is 0 Å². The van der Waals surface area contributed by atoms with Gasteiger partial charge in [0.05, 0.1) is 11.7 Å². The van der Waals surface area contributed by atoms with Crippen LogP contribution < -0.4 is 21.7 Å². The molecule has 46 heavy (non-hydrogen) atoms. The molecular weight excluding hydrogens is 596 g/mol. The molecule has 2 unspecified atom stereocenters. The van der Waals surface area contributed by atoms with Crippen molar-refractivity contribution in [3.8, 4) is 0 Å². The first kappa shape index (κ1) is 41.4. The SMILES string of the molecule is CCC(C)C.CCCN(C(=O)C(NC(=O)[C@H](C)NC)C1CCCCC1)C(C)CN/C(C)=C(/N=C(N)C(C)C)C1=CCC(Cl)=CC=C1. The van der Waals surface area contributed by atoms with Crippen LogP contribution in [0.25, 0.3) is 0 Å². The molecular formula is C37H65ClN6O2. The minimum Gasteiger partial charge on any atom is -0.387 e. The lowest BCUT2D eigenvalue weighted by Crippen LogP contribution is -2.58. The number of rotatable bonds is 15. The van der Waals surface area contributed by atoms with Crippen LogP contribution in [-0.2, 0) is 9.59 Å². The van der Waals surface area contributed by atoms with Gasteiger partial charge >= 0.3 is 0 Å². The topological polar surface area (TPSA) is 112 Å². The number of aliphatic imine (C=N–C) groups is 1. The number of hydrogen-bond acceptors (Lipinski definition) is 5. The van der Waals surface area contributed by atoms with E-state index in [9.17, 15) is 9.59 Å². The predicted octanol–water partition coefficient (Wildman–Crippen LogP) is 7.18. The fraction of sp³-hybridized carbons (Fsp3) is 0.703. The van der Waals surface area contributed by atoms with E-state index in [4.69, 9.17) is 22.3 Å². The summed E-state index contributed by atoms with van der Waals surface area (Å²) in [5, 5.41) is 10.4. The molecule has 2 aliphatic rings. The Morgan fingerprint density at radius 3 is 2.26 bits per heavy atom. The van der Waals surface area contributed by atoms with Gasteiger partial charge in [0, 0.05) is 42.2 Å². The molecule has 0 heterocycles. The van der Waals surface area contributed by atoms with Crippen LogP contribution >= 0.6 is 11.6 Å². The van der Waals surface area contributed by atoms with Gasteiger partial charge in [0.2, 0.25) is 11.8 Å². The van der Waals surface area contributed by atoms with Gasteiger partial charge in [0.25, 0.3) is 0 Å². The molecule has 5 N–H and O–H groups in total. The fourth-order valence-corrected chi connectivity index (χ4v) is 5.27. The number of hydrogen-bond donors (Lipinski definition) is 4. The standard InChI is InChI=1S/C32H53ClN6O2.C5H12/c1-8-19-39(32(41)29(25-13-10-9-11-14-25)38-31(40)24(6)35-7)22(4)20-36-23(5)28(37-30(34)21(2)3)26-15-12-16-27(33)18-17-26;1-4-5(2)3/h12,15-17,21-22,24-25,29,35-36H,8-11,13-14,18-20H2,1-7H3,(H2,34,37)(H,38,40);5H,4H2,1-3H3/b28-23+;/t22?,24-,29?;/m0./s1. The van der Waals surface area contributed by atoms with E-state index in [1.165, 1.54) is 12.8 Å². The molecule has 0 radical (unpaired) electrons. The van der Waals surface area contributed by atoms with Gasteiger partial charge in [-0.05, 0) is 70.6 Å². The highest BCUT2D eigenvalue weighted by atomic mass is 35.5. The molecule has 0 bridgehead atoms. The third-order valence-corrected chi connectivity index (χ3v) is 9.08. The average Bonchev–Trinajstić information content (AvgIpc) is 3.27. The van der Waals surface area contributed by atoms with Gasteiger partial charge in [-0.3, -0.25) is 9.59 Å². The van der Waals surface area contributed by atoms with Crippen molar-refractivity contribution in [2.75, 3.05) is 20.1 Å². The molecule has 0 spiro atoms. The quantitative estimate of drug-likeness (QED) is 0.110. The van der Waals surface area contributed by atoms with Gasteiger partial charge in [-0.2, -0.15) is 0 Å². The lowest BCUT2D eigenvalue weighted by Gasteiger charge is -2.37. The third-order valence-electron chi connectivity index (χ3n) is 8.80. The fourth-order valence-electron chi connectivity index (χ4n) is 5.12. The number of nitrogens with one attached hydrogen (secondary N) is 3. The molecule has 0 aliphatic heterocycles. The highest BCUT2D eigenvalue weighted by molar-refractivity contribution is 6.29. The molecule has 0 aromatic heterocycles. The monoisotopic (exact) mass is 660 g/mol. The average molecular weight is 661 g/mol. The number of nitrogens with two attached hydrogens (primary N) is 1. The molecule has 9 heteroatoms. The lowest BCUT2D eigenvalue weighted by molar-refractivity contribution is -0.140. The van der Waals surface area contributed by atoms with Crippen LogP contribution in [-0.4, -0.2) is 60.8 Å². The van der Waals surface area contributed by atoms with Crippen LogP contribution in [0.1, 0.15) is 114 Å². The van der Waals surface area contributed by atoms with Crippen LogP contribution in [0.4, 0.5) is 0 Å². The largest absolute Gasteiger partial charge is 0.387 e. The number of halogens is 1.